The van der Waals surface area contributed by atoms with E-state index in [1.807, 2.05) is 30.3 Å². The standard InChI is InChI=1S/C22H27N3O6S/c1-14(2)20(25-19(26)13-16-7-5-4-6-8-16)22(28)31-15(3)21(27)24-17-9-11-18(12-10-17)32(23,29)30/h4-12,14-15,20H,13H2,1-3H3,(H,24,27)(H,25,26)(H2,23,29,30)/t15?,20-/m0/s1. The number of rotatable bonds is 9. The first-order chi connectivity index (χ1) is 15.0. The van der Waals surface area contributed by atoms with Gasteiger partial charge in [0.1, 0.15) is 6.04 Å². The maximum Gasteiger partial charge on any atom is 0.329 e. The average molecular weight is 462 g/mol. The van der Waals surface area contributed by atoms with E-state index in [9.17, 15) is 22.8 Å². The Morgan fingerprint density at radius 1 is 0.969 bits per heavy atom. The number of benzene rings is 2. The molecule has 0 saturated carbocycles. The molecule has 10 heteroatoms. The molecule has 2 atom stereocenters. The van der Waals surface area contributed by atoms with Gasteiger partial charge in [0.05, 0.1) is 11.3 Å². The van der Waals surface area contributed by atoms with Gasteiger partial charge in [-0.25, -0.2) is 18.4 Å². The third-order valence-corrected chi connectivity index (χ3v) is 5.49. The molecule has 0 aliphatic rings. The van der Waals surface area contributed by atoms with Gasteiger partial charge in [-0.05, 0) is 42.7 Å². The molecule has 0 aliphatic heterocycles. The third-order valence-electron chi connectivity index (χ3n) is 4.56. The highest BCUT2D eigenvalue weighted by Gasteiger charge is 2.29. The average Bonchev–Trinajstić information content (AvgIpc) is 2.72. The molecule has 0 saturated heterocycles. The van der Waals surface area contributed by atoms with Crippen molar-refractivity contribution in [1.29, 1.82) is 0 Å². The van der Waals surface area contributed by atoms with Gasteiger partial charge in [0, 0.05) is 5.69 Å². The second-order valence-electron chi connectivity index (χ2n) is 7.59. The van der Waals surface area contributed by atoms with E-state index in [1.165, 1.54) is 31.2 Å². The molecule has 0 spiro atoms. The van der Waals surface area contributed by atoms with Crippen molar-refractivity contribution in [3.8, 4) is 0 Å². The lowest BCUT2D eigenvalue weighted by atomic mass is 10.0. The van der Waals surface area contributed by atoms with Crippen LogP contribution in [-0.2, 0) is 35.6 Å². The molecular formula is C22H27N3O6S. The van der Waals surface area contributed by atoms with Gasteiger partial charge in [-0.15, -0.1) is 0 Å². The summed E-state index contributed by atoms with van der Waals surface area (Å²) >= 11 is 0. The van der Waals surface area contributed by atoms with E-state index in [1.54, 1.807) is 13.8 Å². The van der Waals surface area contributed by atoms with Gasteiger partial charge >= 0.3 is 5.97 Å². The summed E-state index contributed by atoms with van der Waals surface area (Å²) in [6.45, 7) is 4.91. The Morgan fingerprint density at radius 2 is 1.56 bits per heavy atom. The third kappa shape index (κ3) is 7.47. The molecule has 172 valence electrons. The van der Waals surface area contributed by atoms with Crippen molar-refractivity contribution in [1.82, 2.24) is 5.32 Å². The van der Waals surface area contributed by atoms with Gasteiger partial charge in [-0.2, -0.15) is 0 Å². The highest BCUT2D eigenvalue weighted by molar-refractivity contribution is 7.89. The second kappa shape index (κ2) is 10.9. The number of sulfonamides is 1. The predicted molar refractivity (Wildman–Crippen MR) is 119 cm³/mol. The van der Waals surface area contributed by atoms with Crippen LogP contribution in [0.4, 0.5) is 5.69 Å². The molecule has 32 heavy (non-hydrogen) atoms. The van der Waals surface area contributed by atoms with Gasteiger partial charge in [0.15, 0.2) is 6.10 Å². The first-order valence-electron chi connectivity index (χ1n) is 9.95. The fourth-order valence-electron chi connectivity index (χ4n) is 2.78. The van der Waals surface area contributed by atoms with E-state index >= 15 is 0 Å². The molecule has 2 aromatic rings. The Bertz CT molecular complexity index is 1050. The van der Waals surface area contributed by atoms with Crippen LogP contribution in [0.3, 0.4) is 0 Å². The van der Waals surface area contributed by atoms with Gasteiger partial charge in [0.25, 0.3) is 5.91 Å². The molecule has 2 rings (SSSR count). The first-order valence-corrected chi connectivity index (χ1v) is 11.5. The number of hydrogen-bond acceptors (Lipinski definition) is 6. The topological polar surface area (TPSA) is 145 Å². The summed E-state index contributed by atoms with van der Waals surface area (Å²) < 4.78 is 27.8. The Morgan fingerprint density at radius 3 is 2.09 bits per heavy atom. The fraction of sp³-hybridized carbons (Fsp3) is 0.318. The molecule has 0 heterocycles. The number of hydrogen-bond donors (Lipinski definition) is 3. The van der Waals surface area contributed by atoms with Gasteiger partial charge in [0.2, 0.25) is 15.9 Å². The maximum absolute atomic E-state index is 12.6. The lowest BCUT2D eigenvalue weighted by molar-refractivity contribution is -0.157. The van der Waals surface area contributed by atoms with Crippen LogP contribution in [0, 0.1) is 5.92 Å². The molecule has 2 aromatic carbocycles. The smallest absolute Gasteiger partial charge is 0.329 e. The summed E-state index contributed by atoms with van der Waals surface area (Å²) in [7, 11) is -3.84. The van der Waals surface area contributed by atoms with E-state index in [4.69, 9.17) is 9.88 Å². The second-order valence-corrected chi connectivity index (χ2v) is 9.15. The SMILES string of the molecule is CC(OC(=O)[C@@H](NC(=O)Cc1ccccc1)C(C)C)C(=O)Nc1ccc(S(N)(=O)=O)cc1. The highest BCUT2D eigenvalue weighted by Crippen LogP contribution is 2.14. The van der Waals surface area contributed by atoms with Gasteiger partial charge < -0.3 is 15.4 Å². The molecule has 0 aliphatic carbocycles. The van der Waals surface area contributed by atoms with E-state index < -0.39 is 34.0 Å². The minimum absolute atomic E-state index is 0.0963. The van der Waals surface area contributed by atoms with Crippen molar-refractivity contribution >= 4 is 33.5 Å². The highest BCUT2D eigenvalue weighted by atomic mass is 32.2. The van der Waals surface area contributed by atoms with Crippen molar-refractivity contribution in [3.05, 3.63) is 60.2 Å². The quantitative estimate of drug-likeness (QED) is 0.484. The van der Waals surface area contributed by atoms with Crippen LogP contribution in [0.15, 0.2) is 59.5 Å². The first kappa shape index (κ1) is 25.0. The molecule has 4 N–H and O–H groups in total. The van der Waals surface area contributed by atoms with Crippen molar-refractivity contribution in [2.24, 2.45) is 11.1 Å². The fourth-order valence-corrected chi connectivity index (χ4v) is 3.29. The molecule has 2 amide bonds. The molecule has 0 fully saturated rings. The van der Waals surface area contributed by atoms with Crippen molar-refractivity contribution in [2.75, 3.05) is 5.32 Å². The largest absolute Gasteiger partial charge is 0.451 e. The zero-order valence-corrected chi connectivity index (χ0v) is 18.9. The maximum atomic E-state index is 12.6. The molecular weight excluding hydrogens is 434 g/mol. The Hall–Kier alpha value is -3.24. The van der Waals surface area contributed by atoms with Gasteiger partial charge in [-0.1, -0.05) is 44.2 Å². The van der Waals surface area contributed by atoms with Crippen LogP contribution in [0.2, 0.25) is 0 Å². The number of carbonyl (C=O) groups excluding carboxylic acids is 3. The van der Waals surface area contributed by atoms with E-state index in [0.29, 0.717) is 5.69 Å². The van der Waals surface area contributed by atoms with Gasteiger partial charge in [-0.3, -0.25) is 9.59 Å². The lowest BCUT2D eigenvalue weighted by Gasteiger charge is -2.23. The lowest BCUT2D eigenvalue weighted by Crippen LogP contribution is -2.47. The molecule has 0 bridgehead atoms. The number of anilines is 1. The number of esters is 1. The summed E-state index contributed by atoms with van der Waals surface area (Å²) in [5.41, 5.74) is 1.11. The zero-order valence-electron chi connectivity index (χ0n) is 18.1. The molecule has 0 aromatic heterocycles. The minimum atomic E-state index is -3.84. The van der Waals surface area contributed by atoms with Crippen molar-refractivity contribution in [2.45, 2.75) is 44.2 Å². The van der Waals surface area contributed by atoms with Crippen molar-refractivity contribution < 1.29 is 27.5 Å². The monoisotopic (exact) mass is 461 g/mol. The molecule has 1 unspecified atom stereocenters. The van der Waals surface area contributed by atoms with E-state index in [0.717, 1.165) is 5.56 Å². The summed E-state index contributed by atoms with van der Waals surface area (Å²) in [5, 5.41) is 10.2. The Labute approximate surface area is 187 Å². The summed E-state index contributed by atoms with van der Waals surface area (Å²) in [6.07, 6.45) is -1.03. The van der Waals surface area contributed by atoms with Crippen LogP contribution < -0.4 is 15.8 Å². The number of carbonyl (C=O) groups is 3. The normalized spacial score (nSPS) is 13.2. The number of amides is 2. The van der Waals surface area contributed by atoms with Crippen LogP contribution >= 0.6 is 0 Å². The Kier molecular flexibility index (Phi) is 8.50. The number of nitrogens with two attached hydrogens (primary N) is 1. The van der Waals surface area contributed by atoms with E-state index in [-0.39, 0.29) is 23.1 Å². The predicted octanol–water partition coefficient (Wildman–Crippen LogP) is 1.59. The van der Waals surface area contributed by atoms with Crippen LogP contribution in [-0.4, -0.2) is 38.3 Å². The minimum Gasteiger partial charge on any atom is -0.451 e. The summed E-state index contributed by atoms with van der Waals surface area (Å²) in [6, 6.07) is 13.4. The van der Waals surface area contributed by atoms with Crippen LogP contribution in [0.25, 0.3) is 0 Å². The summed E-state index contributed by atoms with van der Waals surface area (Å²) in [4.78, 5) is 37.2. The Balaban J connectivity index is 1.95. The number of primary sulfonamides is 1. The number of nitrogens with one attached hydrogen (secondary N) is 2. The van der Waals surface area contributed by atoms with Crippen LogP contribution in [0.1, 0.15) is 26.3 Å². The van der Waals surface area contributed by atoms with Crippen molar-refractivity contribution in [3.63, 3.8) is 0 Å². The van der Waals surface area contributed by atoms with Crippen LogP contribution in [0.5, 0.6) is 0 Å². The molecule has 0 radical (unpaired) electrons. The van der Waals surface area contributed by atoms with E-state index in [2.05, 4.69) is 10.6 Å². The molecule has 9 nitrogen and oxygen atoms in total. The summed E-state index contributed by atoms with van der Waals surface area (Å²) in [5.74, 6) is -1.93. The number of ether oxygens (including phenoxy) is 1. The zero-order chi connectivity index (χ0) is 23.9.